The van der Waals surface area contributed by atoms with Crippen molar-refractivity contribution in [3.8, 4) is 0 Å². The topological polar surface area (TPSA) is 63.4 Å². The van der Waals surface area contributed by atoms with E-state index < -0.39 is 6.43 Å². The first-order valence-corrected chi connectivity index (χ1v) is 11.3. The molecule has 6 nitrogen and oxygen atoms in total. The Labute approximate surface area is 220 Å². The fourth-order valence-electron chi connectivity index (χ4n) is 5.30. The molecule has 4 aromatic rings. The van der Waals surface area contributed by atoms with Crippen molar-refractivity contribution in [1.29, 1.82) is 0 Å². The largest absolute Gasteiger partial charge is 0.332 e. The number of halogens is 2. The van der Waals surface area contributed by atoms with E-state index in [-0.39, 0.29) is 75.9 Å². The van der Waals surface area contributed by atoms with Crippen molar-refractivity contribution in [1.82, 2.24) is 24.5 Å². The Morgan fingerprint density at radius 1 is 1.06 bits per heavy atom. The molecule has 3 atom stereocenters. The summed E-state index contributed by atoms with van der Waals surface area (Å²) >= 11 is 1.65. The maximum absolute atomic E-state index is 13.6. The molecule has 2 saturated heterocycles. The zero-order valence-corrected chi connectivity index (χ0v) is 21.8. The Hall–Kier alpha value is -1.89. The second-order valence-electron chi connectivity index (χ2n) is 8.25. The van der Waals surface area contributed by atoms with Crippen LogP contribution < -0.4 is 0 Å². The molecule has 0 aliphatic carbocycles. The monoisotopic (exact) mass is 541 g/mol. The summed E-state index contributed by atoms with van der Waals surface area (Å²) < 4.78 is 29.7. The van der Waals surface area contributed by atoms with Gasteiger partial charge in [-0.25, -0.2) is 18.3 Å². The van der Waals surface area contributed by atoms with Crippen LogP contribution in [0.25, 0.3) is 15.9 Å². The predicted octanol–water partition coefficient (Wildman–Crippen LogP) is 5.17. The molecule has 2 aliphatic heterocycles. The first kappa shape index (κ1) is 26.7. The van der Waals surface area contributed by atoms with Gasteiger partial charge < -0.3 is 4.90 Å². The number of hydrogen-bond donors (Lipinski definition) is 0. The fourth-order valence-corrected chi connectivity index (χ4v) is 6.07. The van der Waals surface area contributed by atoms with Crippen molar-refractivity contribution in [3.05, 3.63) is 59.0 Å². The van der Waals surface area contributed by atoms with Gasteiger partial charge in [0.05, 0.1) is 5.69 Å². The van der Waals surface area contributed by atoms with E-state index in [0.717, 1.165) is 35.8 Å². The average molecular weight is 542 g/mol. The Balaban J connectivity index is 0.00000108. The first-order chi connectivity index (χ1) is 15.1. The maximum Gasteiger partial charge on any atom is 0.280 e. The number of thiophene rings is 1. The van der Waals surface area contributed by atoms with Crippen molar-refractivity contribution in [2.45, 2.75) is 50.1 Å². The second kappa shape index (κ2) is 10.4. The maximum atomic E-state index is 13.6. The fraction of sp³-hybridized carbons (Fsp3) is 0.364. The van der Waals surface area contributed by atoms with Crippen molar-refractivity contribution in [2.24, 2.45) is 0 Å². The summed E-state index contributed by atoms with van der Waals surface area (Å²) in [6.07, 6.45) is 2.10. The molecule has 0 radical (unpaired) electrons. The van der Waals surface area contributed by atoms with Gasteiger partial charge in [-0.3, -0.25) is 4.79 Å². The molecule has 0 spiro atoms. The molecule has 0 saturated carbocycles. The molecule has 2 fully saturated rings. The van der Waals surface area contributed by atoms with E-state index in [1.54, 1.807) is 15.9 Å². The molecular weight excluding hydrogens is 517 g/mol. The number of aromatic nitrogens is 4. The molecule has 1 amide bonds. The number of carbonyl (C=O) groups excluding carboxylic acids is 1. The highest BCUT2D eigenvalue weighted by molar-refractivity contribution is 7.59. The standard InChI is InChI=1S/C22H19F2N5OS.3H2S/c23-20(24)16-10-18(29-22(27-16)25-11-26-29)15-4-2-14-3-5-17(15)28(14)21(30)13-1-6-19-12(9-13)7-8-31-19;;;/h1,6-11,14-15,17,20H,2-5H2;3*1H2/t14-,15-,17-;;;/m0.../s1. The van der Waals surface area contributed by atoms with E-state index in [1.165, 1.54) is 12.4 Å². The van der Waals surface area contributed by atoms with Crippen molar-refractivity contribution < 1.29 is 13.6 Å². The van der Waals surface area contributed by atoms with Gasteiger partial charge >= 0.3 is 0 Å². The van der Waals surface area contributed by atoms with Gasteiger partial charge in [-0.1, -0.05) is 0 Å². The van der Waals surface area contributed by atoms with Crippen LogP contribution in [0.1, 0.15) is 59.8 Å². The number of rotatable bonds is 3. The number of carbonyl (C=O) groups is 1. The molecule has 5 heterocycles. The van der Waals surface area contributed by atoms with Gasteiger partial charge in [0.15, 0.2) is 0 Å². The normalized spacial score (nSPS) is 21.3. The number of amides is 1. The minimum atomic E-state index is -2.68. The van der Waals surface area contributed by atoms with Crippen molar-refractivity contribution in [3.63, 3.8) is 0 Å². The summed E-state index contributed by atoms with van der Waals surface area (Å²) in [5.41, 5.74) is 1.04. The van der Waals surface area contributed by atoms with Crippen LogP contribution in [0.4, 0.5) is 8.78 Å². The van der Waals surface area contributed by atoms with Crippen molar-refractivity contribution >= 4 is 73.6 Å². The highest BCUT2D eigenvalue weighted by atomic mass is 32.1. The van der Waals surface area contributed by atoms with Gasteiger partial charge in [-0.05, 0) is 66.8 Å². The van der Waals surface area contributed by atoms with E-state index in [4.69, 9.17) is 0 Å². The number of benzene rings is 1. The van der Waals surface area contributed by atoms with E-state index in [2.05, 4.69) is 15.1 Å². The molecular formula is C22H25F2N5OS4. The lowest BCUT2D eigenvalue weighted by Crippen LogP contribution is -2.47. The number of fused-ring (bicyclic) bond motifs is 4. The van der Waals surface area contributed by atoms with Crippen molar-refractivity contribution in [2.75, 3.05) is 0 Å². The molecule has 0 N–H and O–H groups in total. The quantitative estimate of drug-likeness (QED) is 0.359. The van der Waals surface area contributed by atoms with Crippen LogP contribution in [0.3, 0.4) is 0 Å². The van der Waals surface area contributed by atoms with Crippen LogP contribution >= 0.6 is 51.8 Å². The zero-order valence-electron chi connectivity index (χ0n) is 18.0. The lowest BCUT2D eigenvalue weighted by atomic mass is 9.86. The third-order valence-corrected chi connectivity index (χ3v) is 7.56. The summed E-state index contributed by atoms with van der Waals surface area (Å²) in [4.78, 5) is 23.5. The summed E-state index contributed by atoms with van der Waals surface area (Å²) in [5.74, 6) is 0.106. The van der Waals surface area contributed by atoms with E-state index in [0.29, 0.717) is 11.3 Å². The van der Waals surface area contributed by atoms with Gasteiger partial charge in [0.2, 0.25) is 0 Å². The minimum Gasteiger partial charge on any atom is -0.332 e. The summed E-state index contributed by atoms with van der Waals surface area (Å²) in [6, 6.07) is 9.44. The van der Waals surface area contributed by atoms with Crippen LogP contribution in [0.5, 0.6) is 0 Å². The molecule has 34 heavy (non-hydrogen) atoms. The zero-order chi connectivity index (χ0) is 21.1. The third-order valence-electron chi connectivity index (χ3n) is 6.66. The molecule has 2 bridgehead atoms. The van der Waals surface area contributed by atoms with Gasteiger partial charge in [0.25, 0.3) is 18.1 Å². The van der Waals surface area contributed by atoms with E-state index in [9.17, 15) is 13.6 Å². The Morgan fingerprint density at radius 2 is 1.85 bits per heavy atom. The summed E-state index contributed by atoms with van der Waals surface area (Å²) in [5, 5.41) is 7.32. The molecule has 12 heteroatoms. The lowest BCUT2D eigenvalue weighted by Gasteiger charge is -2.40. The van der Waals surface area contributed by atoms with Crippen LogP contribution in [-0.2, 0) is 0 Å². The molecule has 3 aromatic heterocycles. The predicted molar refractivity (Wildman–Crippen MR) is 144 cm³/mol. The molecule has 0 unspecified atom stereocenters. The number of nitrogens with zero attached hydrogens (tertiary/aromatic N) is 5. The van der Waals surface area contributed by atoms with Gasteiger partial charge in [0.1, 0.15) is 12.0 Å². The minimum absolute atomic E-state index is 0. The smallest absolute Gasteiger partial charge is 0.280 e. The molecule has 1 aromatic carbocycles. The lowest BCUT2D eigenvalue weighted by molar-refractivity contribution is 0.0554. The highest BCUT2D eigenvalue weighted by Crippen LogP contribution is 2.45. The van der Waals surface area contributed by atoms with Crippen LogP contribution in [-0.4, -0.2) is 42.5 Å². The Bertz CT molecular complexity index is 1310. The van der Waals surface area contributed by atoms with E-state index in [1.807, 2.05) is 34.5 Å². The number of piperidine rings is 1. The molecule has 6 rings (SSSR count). The van der Waals surface area contributed by atoms with Crippen LogP contribution in [0.15, 0.2) is 42.0 Å². The SMILES string of the molecule is O=C(c1ccc2sccc2c1)N1[C@H]2CC[C@H](c3cc(C(F)F)nc4ncnn34)[C@@H]1CC2.S.S.S. The van der Waals surface area contributed by atoms with Gasteiger partial charge in [-0.15, -0.1) is 11.3 Å². The summed E-state index contributed by atoms with van der Waals surface area (Å²) in [6.45, 7) is 0. The Morgan fingerprint density at radius 3 is 2.65 bits per heavy atom. The van der Waals surface area contributed by atoms with Crippen LogP contribution in [0, 0.1) is 0 Å². The van der Waals surface area contributed by atoms with Gasteiger partial charge in [0, 0.05) is 28.3 Å². The third kappa shape index (κ3) is 4.29. The molecule has 2 aliphatic rings. The summed E-state index contributed by atoms with van der Waals surface area (Å²) in [7, 11) is 0. The Kier molecular flexibility index (Phi) is 8.16. The first-order valence-electron chi connectivity index (χ1n) is 10.4. The number of hydrogen-bond acceptors (Lipinski definition) is 5. The highest BCUT2D eigenvalue weighted by Gasteiger charge is 2.46. The molecule has 182 valence electrons. The van der Waals surface area contributed by atoms with Crippen LogP contribution in [0.2, 0.25) is 0 Å². The number of alkyl halides is 2. The van der Waals surface area contributed by atoms with Gasteiger partial charge in [-0.2, -0.15) is 50.6 Å². The van der Waals surface area contributed by atoms with E-state index >= 15 is 0 Å². The average Bonchev–Trinajstić information content (AvgIpc) is 3.50. The second-order valence-corrected chi connectivity index (χ2v) is 9.19.